The Bertz CT molecular complexity index is 854. The van der Waals surface area contributed by atoms with E-state index >= 15 is 0 Å². The van der Waals surface area contributed by atoms with E-state index in [1.54, 1.807) is 24.3 Å². The Hall–Kier alpha value is -1.97. The molecule has 2 atom stereocenters. The van der Waals surface area contributed by atoms with Crippen molar-refractivity contribution < 1.29 is 14.3 Å². The first-order valence-corrected chi connectivity index (χ1v) is 8.55. The third kappa shape index (κ3) is 2.15. The van der Waals surface area contributed by atoms with Crippen LogP contribution < -0.4 is 0 Å². The number of benzene rings is 2. The van der Waals surface area contributed by atoms with Gasteiger partial charge in [-0.05, 0) is 29.7 Å². The van der Waals surface area contributed by atoms with Gasteiger partial charge in [0.05, 0.1) is 12.7 Å². The van der Waals surface area contributed by atoms with Gasteiger partial charge in [0.15, 0.2) is 11.6 Å². The van der Waals surface area contributed by atoms with Gasteiger partial charge in [-0.2, -0.15) is 0 Å². The van der Waals surface area contributed by atoms with E-state index in [1.807, 2.05) is 25.1 Å². The highest BCUT2D eigenvalue weighted by Gasteiger charge is 2.53. The lowest BCUT2D eigenvalue weighted by Gasteiger charge is -2.25. The Morgan fingerprint density at radius 1 is 1.17 bits per heavy atom. The molecule has 2 aliphatic rings. The van der Waals surface area contributed by atoms with Crippen molar-refractivity contribution in [3.63, 3.8) is 0 Å². The van der Waals surface area contributed by atoms with Gasteiger partial charge in [0.2, 0.25) is 0 Å². The van der Waals surface area contributed by atoms with Gasteiger partial charge in [-0.25, -0.2) is 0 Å². The van der Waals surface area contributed by atoms with Gasteiger partial charge >= 0.3 is 0 Å². The summed E-state index contributed by atoms with van der Waals surface area (Å²) in [4.78, 5) is 26.6. The quantitative estimate of drug-likeness (QED) is 0.624. The van der Waals surface area contributed by atoms with Gasteiger partial charge in [-0.3, -0.25) is 9.59 Å². The Labute approximate surface area is 145 Å². The molecule has 3 nitrogen and oxygen atoms in total. The van der Waals surface area contributed by atoms with E-state index in [1.165, 1.54) is 0 Å². The van der Waals surface area contributed by atoms with Gasteiger partial charge in [-0.1, -0.05) is 48.9 Å². The van der Waals surface area contributed by atoms with Crippen molar-refractivity contribution in [1.82, 2.24) is 0 Å². The van der Waals surface area contributed by atoms with Crippen LogP contribution in [0.15, 0.2) is 42.5 Å². The predicted molar refractivity (Wildman–Crippen MR) is 92.0 cm³/mol. The zero-order valence-corrected chi connectivity index (χ0v) is 14.1. The van der Waals surface area contributed by atoms with Crippen LogP contribution in [-0.2, 0) is 16.6 Å². The third-order valence-corrected chi connectivity index (χ3v) is 5.33. The predicted octanol–water partition coefficient (Wildman–Crippen LogP) is 4.01. The van der Waals surface area contributed by atoms with Crippen molar-refractivity contribution >= 4 is 23.2 Å². The number of hydrogen-bond acceptors (Lipinski definition) is 3. The van der Waals surface area contributed by atoms with Crippen molar-refractivity contribution in [3.05, 3.63) is 69.7 Å². The molecule has 4 heteroatoms. The smallest absolute Gasteiger partial charge is 0.182 e. The largest absolute Gasteiger partial charge is 0.373 e. The molecule has 1 aliphatic carbocycles. The Morgan fingerprint density at radius 3 is 2.58 bits per heavy atom. The lowest BCUT2D eigenvalue weighted by atomic mass is 9.74. The van der Waals surface area contributed by atoms with Gasteiger partial charge in [-0.15, -0.1) is 0 Å². The molecular weight excluding hydrogens is 324 g/mol. The number of ketones is 2. The molecule has 4 rings (SSSR count). The maximum atomic E-state index is 13.4. The number of carbonyl (C=O) groups excluding carboxylic acids is 2. The fraction of sp³-hybridized carbons (Fsp3) is 0.300. The molecule has 0 amide bonds. The molecule has 1 aliphatic heterocycles. The number of hydrogen-bond donors (Lipinski definition) is 0. The van der Waals surface area contributed by atoms with E-state index < -0.39 is 5.41 Å². The first-order valence-electron chi connectivity index (χ1n) is 8.17. The van der Waals surface area contributed by atoms with Crippen LogP contribution in [0.2, 0.25) is 5.02 Å². The number of epoxide rings is 1. The van der Waals surface area contributed by atoms with E-state index in [0.29, 0.717) is 34.6 Å². The summed E-state index contributed by atoms with van der Waals surface area (Å²) in [5.41, 5.74) is 1.52. The first kappa shape index (κ1) is 15.6. The summed E-state index contributed by atoms with van der Waals surface area (Å²) in [6.45, 7) is 2.60. The zero-order chi connectivity index (χ0) is 16.9. The normalized spacial score (nSPS) is 25.0. The maximum Gasteiger partial charge on any atom is 0.182 e. The second kappa shape index (κ2) is 5.54. The molecule has 122 valence electrons. The average molecular weight is 341 g/mol. The van der Waals surface area contributed by atoms with E-state index in [-0.39, 0.29) is 17.7 Å². The number of halogens is 1. The monoisotopic (exact) mass is 340 g/mol. The number of ether oxygens (including phenoxy) is 1. The molecule has 0 N–H and O–H groups in total. The second-order valence-electron chi connectivity index (χ2n) is 6.43. The van der Waals surface area contributed by atoms with Crippen LogP contribution in [0.5, 0.6) is 0 Å². The molecule has 0 saturated carbocycles. The van der Waals surface area contributed by atoms with Gasteiger partial charge in [0.1, 0.15) is 5.41 Å². The SMILES string of the molecule is CCC1(c2cccc(Cl)c2)C(=O)c2cccc(CC3CO3)c2C1=O. The summed E-state index contributed by atoms with van der Waals surface area (Å²) in [5, 5.41) is 0.531. The summed E-state index contributed by atoms with van der Waals surface area (Å²) in [6, 6.07) is 12.6. The third-order valence-electron chi connectivity index (χ3n) is 5.10. The lowest BCUT2D eigenvalue weighted by molar-refractivity contribution is 0.0789. The van der Waals surface area contributed by atoms with Gasteiger partial charge in [0.25, 0.3) is 0 Å². The molecule has 1 saturated heterocycles. The molecule has 2 aromatic carbocycles. The van der Waals surface area contributed by atoms with Gasteiger partial charge < -0.3 is 4.74 Å². The van der Waals surface area contributed by atoms with E-state index in [2.05, 4.69) is 0 Å². The van der Waals surface area contributed by atoms with Crippen LogP contribution in [0, 0.1) is 0 Å². The van der Waals surface area contributed by atoms with Crippen LogP contribution in [0.25, 0.3) is 0 Å². The topological polar surface area (TPSA) is 46.7 Å². The summed E-state index contributed by atoms with van der Waals surface area (Å²) in [7, 11) is 0. The van der Waals surface area contributed by atoms with Crippen molar-refractivity contribution in [3.8, 4) is 0 Å². The van der Waals surface area contributed by atoms with Crippen LogP contribution >= 0.6 is 11.6 Å². The van der Waals surface area contributed by atoms with E-state index in [9.17, 15) is 9.59 Å². The van der Waals surface area contributed by atoms with Crippen LogP contribution in [0.1, 0.15) is 45.2 Å². The number of rotatable bonds is 4. The van der Waals surface area contributed by atoms with Crippen LogP contribution in [0.4, 0.5) is 0 Å². The molecule has 0 radical (unpaired) electrons. The minimum atomic E-state index is -1.16. The molecule has 0 spiro atoms. The first-order chi connectivity index (χ1) is 11.6. The highest BCUT2D eigenvalue weighted by atomic mass is 35.5. The molecule has 1 fully saturated rings. The molecule has 24 heavy (non-hydrogen) atoms. The van der Waals surface area contributed by atoms with Crippen molar-refractivity contribution in [1.29, 1.82) is 0 Å². The minimum Gasteiger partial charge on any atom is -0.373 e. The molecular formula is C20H17ClO3. The molecule has 0 aromatic heterocycles. The summed E-state index contributed by atoms with van der Waals surface area (Å²) >= 11 is 6.12. The fourth-order valence-electron chi connectivity index (χ4n) is 3.75. The number of fused-ring (bicyclic) bond motifs is 1. The van der Waals surface area contributed by atoms with E-state index in [0.717, 1.165) is 12.2 Å². The van der Waals surface area contributed by atoms with Crippen LogP contribution in [0.3, 0.4) is 0 Å². The Balaban J connectivity index is 1.89. The Kier molecular flexibility index (Phi) is 3.59. The fourth-order valence-corrected chi connectivity index (χ4v) is 3.94. The average Bonchev–Trinajstić information content (AvgIpc) is 3.36. The van der Waals surface area contributed by atoms with Crippen molar-refractivity contribution in [2.24, 2.45) is 0 Å². The highest BCUT2D eigenvalue weighted by molar-refractivity contribution is 6.34. The molecule has 2 aromatic rings. The molecule has 2 unspecified atom stereocenters. The summed E-state index contributed by atoms with van der Waals surface area (Å²) in [6.07, 6.45) is 1.26. The summed E-state index contributed by atoms with van der Waals surface area (Å²) < 4.78 is 5.30. The lowest BCUT2D eigenvalue weighted by Crippen LogP contribution is -2.37. The highest BCUT2D eigenvalue weighted by Crippen LogP contribution is 2.44. The summed E-state index contributed by atoms with van der Waals surface area (Å²) in [5.74, 6) is -0.227. The standard InChI is InChI=1S/C20H17ClO3/c1-2-20(13-6-4-7-14(21)10-13)18(22)16-8-3-5-12(9-15-11-24-15)17(16)19(20)23/h3-8,10,15H,2,9,11H2,1H3. The molecule has 0 bridgehead atoms. The maximum absolute atomic E-state index is 13.4. The van der Waals surface area contributed by atoms with E-state index in [4.69, 9.17) is 16.3 Å². The number of carbonyl (C=O) groups is 2. The van der Waals surface area contributed by atoms with Crippen LogP contribution in [-0.4, -0.2) is 24.3 Å². The van der Waals surface area contributed by atoms with Crippen molar-refractivity contribution in [2.75, 3.05) is 6.61 Å². The minimum absolute atomic E-state index is 0.108. The number of Topliss-reactive ketones (excluding diaryl/α,β-unsaturated/α-hetero) is 2. The zero-order valence-electron chi connectivity index (χ0n) is 13.3. The second-order valence-corrected chi connectivity index (χ2v) is 6.86. The van der Waals surface area contributed by atoms with Gasteiger partial charge in [0, 0.05) is 22.6 Å². The Morgan fingerprint density at radius 2 is 1.92 bits per heavy atom. The van der Waals surface area contributed by atoms with Crippen molar-refractivity contribution in [2.45, 2.75) is 31.3 Å². The molecule has 1 heterocycles.